The van der Waals surface area contributed by atoms with E-state index in [1.54, 1.807) is 19.1 Å². The molecule has 1 aromatic carbocycles. The summed E-state index contributed by atoms with van der Waals surface area (Å²) in [6, 6.07) is 4.76. The number of carbonyl (C=O) groups excluding carboxylic acids is 2. The largest absolute Gasteiger partial charge is 0.508 e. The molecule has 6 heteroatoms. The minimum Gasteiger partial charge on any atom is -0.508 e. The van der Waals surface area contributed by atoms with Gasteiger partial charge in [0.1, 0.15) is 5.75 Å². The molecule has 4 nitrogen and oxygen atoms in total. The molecule has 1 N–H and O–H groups in total. The summed E-state index contributed by atoms with van der Waals surface area (Å²) in [6.07, 6.45) is 0.932. The zero-order valence-corrected chi connectivity index (χ0v) is 15.0. The lowest BCUT2D eigenvalue weighted by atomic mass is 9.81. The lowest BCUT2D eigenvalue weighted by molar-refractivity contribution is -0.123. The number of halogens is 2. The minimum atomic E-state index is -0.205. The summed E-state index contributed by atoms with van der Waals surface area (Å²) in [5.74, 6) is 0.00572. The van der Waals surface area contributed by atoms with Crippen molar-refractivity contribution in [2.75, 3.05) is 4.90 Å². The lowest BCUT2D eigenvalue weighted by Crippen LogP contribution is -2.37. The van der Waals surface area contributed by atoms with E-state index in [2.05, 4.69) is 31.9 Å². The molecule has 3 fully saturated rings. The molecule has 2 amide bonds. The number of alkyl halides is 2. The first kappa shape index (κ1) is 14.7. The van der Waals surface area contributed by atoms with E-state index in [4.69, 9.17) is 0 Å². The summed E-state index contributed by atoms with van der Waals surface area (Å²) in [6.45, 7) is 1.80. The molecule has 0 aromatic heterocycles. The first-order valence-corrected chi connectivity index (χ1v) is 9.20. The van der Waals surface area contributed by atoms with Gasteiger partial charge in [0.05, 0.1) is 17.5 Å². The Morgan fingerprint density at radius 2 is 1.64 bits per heavy atom. The number of benzene rings is 1. The molecule has 6 atom stereocenters. The fourth-order valence-electron chi connectivity index (χ4n) is 4.48. The Hall–Kier alpha value is -0.880. The molecule has 1 heterocycles. The summed E-state index contributed by atoms with van der Waals surface area (Å²) < 4.78 is 0. The second kappa shape index (κ2) is 4.81. The van der Waals surface area contributed by atoms with Gasteiger partial charge in [-0.05, 0) is 48.9 Å². The molecule has 4 rings (SSSR count). The van der Waals surface area contributed by atoms with E-state index in [0.29, 0.717) is 5.69 Å². The van der Waals surface area contributed by atoms with Gasteiger partial charge in [-0.15, -0.1) is 0 Å². The van der Waals surface area contributed by atoms with Gasteiger partial charge in [-0.1, -0.05) is 31.9 Å². The highest BCUT2D eigenvalue weighted by atomic mass is 79.9. The number of amides is 2. The maximum atomic E-state index is 12.9. The number of carbonyl (C=O) groups is 2. The van der Waals surface area contributed by atoms with Crippen molar-refractivity contribution in [1.29, 1.82) is 0 Å². The Bertz CT molecular complexity index is 660. The van der Waals surface area contributed by atoms with Crippen LogP contribution >= 0.6 is 31.9 Å². The topological polar surface area (TPSA) is 57.6 Å². The zero-order valence-electron chi connectivity index (χ0n) is 11.9. The number of aryl methyl sites for hydroxylation is 1. The van der Waals surface area contributed by atoms with E-state index in [1.807, 2.05) is 0 Å². The molecule has 1 aromatic rings. The number of aromatic hydroxyl groups is 1. The normalized spacial score (nSPS) is 39.7. The summed E-state index contributed by atoms with van der Waals surface area (Å²) in [5.41, 5.74) is 1.33. The number of rotatable bonds is 1. The molecule has 2 saturated carbocycles. The van der Waals surface area contributed by atoms with E-state index in [1.165, 1.54) is 11.0 Å². The van der Waals surface area contributed by atoms with Crippen molar-refractivity contribution < 1.29 is 14.7 Å². The van der Waals surface area contributed by atoms with Crippen LogP contribution in [0.3, 0.4) is 0 Å². The van der Waals surface area contributed by atoms with E-state index in [0.717, 1.165) is 12.0 Å². The number of hydrogen-bond acceptors (Lipinski definition) is 3. The van der Waals surface area contributed by atoms with Crippen molar-refractivity contribution in [3.05, 3.63) is 23.8 Å². The second-order valence-electron chi connectivity index (χ2n) is 6.49. The average Bonchev–Trinajstić information content (AvgIpc) is 3.06. The van der Waals surface area contributed by atoms with Crippen LogP contribution in [0.2, 0.25) is 0 Å². The van der Waals surface area contributed by atoms with Crippen molar-refractivity contribution >= 4 is 49.4 Å². The number of hydrogen-bond donors (Lipinski definition) is 1. The predicted octanol–water partition coefficient (Wildman–Crippen LogP) is 2.98. The smallest absolute Gasteiger partial charge is 0.238 e. The van der Waals surface area contributed by atoms with Gasteiger partial charge in [-0.25, -0.2) is 4.90 Å². The van der Waals surface area contributed by atoms with Gasteiger partial charge in [-0.2, -0.15) is 0 Å². The van der Waals surface area contributed by atoms with Gasteiger partial charge in [0.15, 0.2) is 0 Å². The lowest BCUT2D eigenvalue weighted by Gasteiger charge is -2.28. The van der Waals surface area contributed by atoms with Gasteiger partial charge in [0.2, 0.25) is 11.8 Å². The first-order chi connectivity index (χ1) is 10.4. The van der Waals surface area contributed by atoms with Crippen LogP contribution in [0, 0.1) is 30.6 Å². The third-order valence-electron chi connectivity index (χ3n) is 5.41. The molecule has 0 radical (unpaired) electrons. The summed E-state index contributed by atoms with van der Waals surface area (Å²) >= 11 is 7.37. The SMILES string of the molecule is Cc1cc(O)ccc1N1C(=O)[C@@H]2[C@@H]3C[C@H]([C@H](Br)[C@@H]3Br)[C@@H]2C1=O. The standard InChI is InChI=1S/C16H15Br2NO3/c1-6-4-7(20)2-3-10(6)19-15(21)11-8-5-9(12(11)16(19)22)14(18)13(8)17/h2-4,8-9,11-14,20H,5H2,1H3/t8-,9-,11-,12+,13-,14+/m0/s1. The van der Waals surface area contributed by atoms with Crippen molar-refractivity contribution in [1.82, 2.24) is 0 Å². The third kappa shape index (κ3) is 1.74. The van der Waals surface area contributed by atoms with Crippen LogP contribution in [0.15, 0.2) is 18.2 Å². The first-order valence-electron chi connectivity index (χ1n) is 7.37. The van der Waals surface area contributed by atoms with Crippen LogP contribution in [-0.2, 0) is 9.59 Å². The Labute approximate surface area is 145 Å². The van der Waals surface area contributed by atoms with Crippen LogP contribution in [0.4, 0.5) is 5.69 Å². The Kier molecular flexibility index (Phi) is 3.21. The monoisotopic (exact) mass is 427 g/mol. The van der Waals surface area contributed by atoms with Gasteiger partial charge < -0.3 is 5.11 Å². The molecular formula is C16H15Br2NO3. The summed E-state index contributed by atoms with van der Waals surface area (Å²) in [5, 5.41) is 9.54. The maximum Gasteiger partial charge on any atom is 0.238 e. The fourth-order valence-corrected chi connectivity index (χ4v) is 6.35. The highest BCUT2D eigenvalue weighted by Crippen LogP contribution is 2.60. The highest BCUT2D eigenvalue weighted by molar-refractivity contribution is 9.12. The Balaban J connectivity index is 1.76. The van der Waals surface area contributed by atoms with Crippen LogP contribution in [0.25, 0.3) is 0 Å². The van der Waals surface area contributed by atoms with Crippen LogP contribution in [0.1, 0.15) is 12.0 Å². The molecule has 2 aliphatic carbocycles. The van der Waals surface area contributed by atoms with Crippen molar-refractivity contribution in [2.45, 2.75) is 23.0 Å². The molecule has 1 aliphatic heterocycles. The van der Waals surface area contributed by atoms with Crippen LogP contribution in [0.5, 0.6) is 5.75 Å². The molecular weight excluding hydrogens is 414 g/mol. The molecule has 0 spiro atoms. The van der Waals surface area contributed by atoms with E-state index in [9.17, 15) is 14.7 Å². The number of anilines is 1. The van der Waals surface area contributed by atoms with Gasteiger partial charge in [0, 0.05) is 9.65 Å². The van der Waals surface area contributed by atoms with E-state index in [-0.39, 0.29) is 50.9 Å². The summed E-state index contributed by atoms with van der Waals surface area (Å²) in [4.78, 5) is 27.6. The average molecular weight is 429 g/mol. The molecule has 0 unspecified atom stereocenters. The predicted molar refractivity (Wildman–Crippen MR) is 89.3 cm³/mol. The molecule has 22 heavy (non-hydrogen) atoms. The van der Waals surface area contributed by atoms with Crippen molar-refractivity contribution in [3.63, 3.8) is 0 Å². The number of nitrogens with zero attached hydrogens (tertiary/aromatic N) is 1. The zero-order chi connectivity index (χ0) is 15.8. The molecule has 1 saturated heterocycles. The van der Waals surface area contributed by atoms with Crippen LogP contribution in [-0.4, -0.2) is 26.6 Å². The molecule has 3 aliphatic rings. The number of phenolic OH excluding ortho intramolecular Hbond substituents is 1. The Morgan fingerprint density at radius 3 is 2.14 bits per heavy atom. The second-order valence-corrected chi connectivity index (χ2v) is 8.60. The summed E-state index contributed by atoms with van der Waals surface area (Å²) in [7, 11) is 0. The number of fused-ring (bicyclic) bond motifs is 5. The maximum absolute atomic E-state index is 12.9. The Morgan fingerprint density at radius 1 is 1.09 bits per heavy atom. The number of phenols is 1. The number of imide groups is 1. The highest BCUT2D eigenvalue weighted by Gasteiger charge is 2.66. The van der Waals surface area contributed by atoms with Gasteiger partial charge in [-0.3, -0.25) is 9.59 Å². The molecule has 116 valence electrons. The van der Waals surface area contributed by atoms with Crippen LogP contribution < -0.4 is 4.90 Å². The molecule has 2 bridgehead atoms. The fraction of sp³-hybridized carbons (Fsp3) is 0.500. The van der Waals surface area contributed by atoms with Gasteiger partial charge in [0.25, 0.3) is 0 Å². The van der Waals surface area contributed by atoms with Gasteiger partial charge >= 0.3 is 0 Å². The van der Waals surface area contributed by atoms with Crippen molar-refractivity contribution in [2.24, 2.45) is 23.7 Å². The third-order valence-corrected chi connectivity index (χ3v) is 8.62. The minimum absolute atomic E-state index is 0.0832. The quantitative estimate of drug-likeness (QED) is 0.552. The van der Waals surface area contributed by atoms with E-state index >= 15 is 0 Å². The van der Waals surface area contributed by atoms with E-state index < -0.39 is 0 Å². The van der Waals surface area contributed by atoms with Crippen molar-refractivity contribution in [3.8, 4) is 5.75 Å².